The van der Waals surface area contributed by atoms with Gasteiger partial charge in [-0.25, -0.2) is 0 Å². The monoisotopic (exact) mass is 261 g/mol. The Balaban J connectivity index is 2.89. The minimum Gasteiger partial charge on any atom is -0.404 e. The second-order valence-electron chi connectivity index (χ2n) is 3.78. The third-order valence-electron chi connectivity index (χ3n) is 1.77. The zero-order valence-electron chi connectivity index (χ0n) is 9.95. The summed E-state index contributed by atoms with van der Waals surface area (Å²) in [7, 11) is 0. The lowest BCUT2D eigenvalue weighted by Gasteiger charge is -2.14. The van der Waals surface area contributed by atoms with Crippen LogP contribution in [0.2, 0.25) is 0 Å². The topological polar surface area (TPSA) is 59.6 Å². The van der Waals surface area contributed by atoms with Crippen LogP contribution in [0.4, 0.5) is 18.9 Å². The van der Waals surface area contributed by atoms with E-state index in [9.17, 15) is 13.2 Å². The van der Waals surface area contributed by atoms with E-state index in [2.05, 4.69) is 15.0 Å². The lowest BCUT2D eigenvalue weighted by molar-refractivity contribution is -0.274. The third kappa shape index (κ3) is 4.94. The maximum Gasteiger partial charge on any atom is 0.573 e. The molecule has 7 heteroatoms. The van der Waals surface area contributed by atoms with Crippen molar-refractivity contribution in [3.8, 4) is 5.75 Å². The summed E-state index contributed by atoms with van der Waals surface area (Å²) in [6, 6.07) is 5.55. The minimum absolute atomic E-state index is 0.0308. The molecule has 0 aliphatic carbocycles. The van der Waals surface area contributed by atoms with Crippen LogP contribution in [0.3, 0.4) is 0 Å². The van der Waals surface area contributed by atoms with Gasteiger partial charge >= 0.3 is 6.36 Å². The Hall–Kier alpha value is -1.92. The van der Waals surface area contributed by atoms with Crippen LogP contribution in [-0.4, -0.2) is 18.4 Å². The van der Waals surface area contributed by atoms with Gasteiger partial charge in [0.1, 0.15) is 0 Å². The lowest BCUT2D eigenvalue weighted by Crippen LogP contribution is -2.25. The predicted octanol–water partition coefficient (Wildman–Crippen LogP) is 2.72. The SMILES string of the molecule is CC(C)N=C(N)Nc1ccccc1OC(F)(F)F. The molecule has 0 amide bonds. The maximum atomic E-state index is 12.2. The average molecular weight is 261 g/mol. The van der Waals surface area contributed by atoms with Gasteiger partial charge in [-0.2, -0.15) is 0 Å². The van der Waals surface area contributed by atoms with E-state index in [1.807, 2.05) is 0 Å². The molecule has 0 spiro atoms. The standard InChI is InChI=1S/C11H14F3N3O/c1-7(2)16-10(15)17-8-5-3-4-6-9(8)18-11(12,13)14/h3-7H,1-2H3,(H3,15,16,17). The summed E-state index contributed by atoms with van der Waals surface area (Å²) in [5.41, 5.74) is 5.65. The van der Waals surface area contributed by atoms with Gasteiger partial charge < -0.3 is 15.8 Å². The van der Waals surface area contributed by atoms with Gasteiger partial charge in [0.05, 0.1) is 5.69 Å². The molecule has 0 aliphatic heterocycles. The molecule has 0 fully saturated rings. The zero-order chi connectivity index (χ0) is 13.8. The van der Waals surface area contributed by atoms with Gasteiger partial charge in [-0.1, -0.05) is 12.1 Å². The molecule has 0 unspecified atom stereocenters. The summed E-state index contributed by atoms with van der Waals surface area (Å²) in [4.78, 5) is 3.96. The number of para-hydroxylation sites is 2. The Labute approximate surface area is 103 Å². The minimum atomic E-state index is -4.75. The number of rotatable bonds is 3. The smallest absolute Gasteiger partial charge is 0.404 e. The number of anilines is 1. The van der Waals surface area contributed by atoms with Crippen molar-refractivity contribution in [2.75, 3.05) is 5.32 Å². The number of alkyl halides is 3. The molecule has 18 heavy (non-hydrogen) atoms. The Morgan fingerprint density at radius 2 is 1.94 bits per heavy atom. The first kappa shape index (κ1) is 14.1. The molecule has 1 aromatic rings. The van der Waals surface area contributed by atoms with E-state index in [0.717, 1.165) is 0 Å². The van der Waals surface area contributed by atoms with E-state index in [1.54, 1.807) is 19.9 Å². The molecule has 0 radical (unpaired) electrons. The molecule has 1 rings (SSSR count). The third-order valence-corrected chi connectivity index (χ3v) is 1.77. The average Bonchev–Trinajstić information content (AvgIpc) is 2.17. The Kier molecular flexibility index (Phi) is 4.41. The van der Waals surface area contributed by atoms with Gasteiger partial charge in [0.15, 0.2) is 11.7 Å². The van der Waals surface area contributed by atoms with Crippen molar-refractivity contribution in [3.05, 3.63) is 24.3 Å². The number of hydrogen-bond acceptors (Lipinski definition) is 2. The van der Waals surface area contributed by atoms with Gasteiger partial charge in [-0.3, -0.25) is 4.99 Å². The molecule has 3 N–H and O–H groups in total. The molecule has 0 saturated heterocycles. The fourth-order valence-electron chi connectivity index (χ4n) is 1.23. The van der Waals surface area contributed by atoms with Gasteiger partial charge in [-0.15, -0.1) is 13.2 Å². The van der Waals surface area contributed by atoms with E-state index in [0.29, 0.717) is 0 Å². The summed E-state index contributed by atoms with van der Waals surface area (Å²) >= 11 is 0. The molecule has 4 nitrogen and oxygen atoms in total. The predicted molar refractivity (Wildman–Crippen MR) is 63.5 cm³/mol. The van der Waals surface area contributed by atoms with Crippen molar-refractivity contribution in [2.45, 2.75) is 26.3 Å². The van der Waals surface area contributed by atoms with Crippen LogP contribution < -0.4 is 15.8 Å². The summed E-state index contributed by atoms with van der Waals surface area (Å²) in [5, 5.41) is 2.57. The van der Waals surface area contributed by atoms with Gasteiger partial charge in [-0.05, 0) is 26.0 Å². The van der Waals surface area contributed by atoms with Crippen molar-refractivity contribution in [3.63, 3.8) is 0 Å². The first-order valence-electron chi connectivity index (χ1n) is 5.23. The number of nitrogens with two attached hydrogens (primary N) is 1. The molecule has 0 saturated carbocycles. The first-order valence-corrected chi connectivity index (χ1v) is 5.23. The molecule has 0 heterocycles. The van der Waals surface area contributed by atoms with Crippen LogP contribution in [0.1, 0.15) is 13.8 Å². The molecule has 0 aliphatic rings. The Bertz CT molecular complexity index is 430. The number of aliphatic imine (C=N–C) groups is 1. The van der Waals surface area contributed by atoms with Crippen LogP contribution in [0.5, 0.6) is 5.75 Å². The van der Waals surface area contributed by atoms with Gasteiger partial charge in [0.25, 0.3) is 0 Å². The highest BCUT2D eigenvalue weighted by atomic mass is 19.4. The second kappa shape index (κ2) is 5.61. The van der Waals surface area contributed by atoms with Crippen LogP contribution in [0.15, 0.2) is 29.3 Å². The van der Waals surface area contributed by atoms with Crippen molar-refractivity contribution < 1.29 is 17.9 Å². The highest BCUT2D eigenvalue weighted by molar-refractivity contribution is 5.93. The molecule has 1 aromatic carbocycles. The molecule has 100 valence electrons. The van der Waals surface area contributed by atoms with Crippen molar-refractivity contribution >= 4 is 11.6 Å². The second-order valence-corrected chi connectivity index (χ2v) is 3.78. The summed E-state index contributed by atoms with van der Waals surface area (Å²) in [5.74, 6) is -0.324. The van der Waals surface area contributed by atoms with E-state index in [4.69, 9.17) is 5.73 Å². The quantitative estimate of drug-likeness (QED) is 0.649. The van der Waals surface area contributed by atoms with Crippen LogP contribution in [0, 0.1) is 0 Å². The number of benzene rings is 1. The fourth-order valence-corrected chi connectivity index (χ4v) is 1.23. The molecule has 0 atom stereocenters. The van der Waals surface area contributed by atoms with E-state index in [-0.39, 0.29) is 23.4 Å². The summed E-state index contributed by atoms with van der Waals surface area (Å²) < 4.78 is 40.3. The molecular formula is C11H14F3N3O. The van der Waals surface area contributed by atoms with Crippen LogP contribution >= 0.6 is 0 Å². The Morgan fingerprint density at radius 3 is 2.50 bits per heavy atom. The Morgan fingerprint density at radius 1 is 1.33 bits per heavy atom. The van der Waals surface area contributed by atoms with Crippen LogP contribution in [-0.2, 0) is 0 Å². The summed E-state index contributed by atoms with van der Waals surface area (Å²) in [6.45, 7) is 3.60. The fraction of sp³-hybridized carbons (Fsp3) is 0.364. The van der Waals surface area contributed by atoms with Crippen molar-refractivity contribution in [1.29, 1.82) is 0 Å². The molecule has 0 aromatic heterocycles. The van der Waals surface area contributed by atoms with E-state index in [1.165, 1.54) is 18.2 Å². The number of hydrogen-bond donors (Lipinski definition) is 2. The lowest BCUT2D eigenvalue weighted by atomic mass is 10.3. The largest absolute Gasteiger partial charge is 0.573 e. The zero-order valence-corrected chi connectivity index (χ0v) is 9.95. The molecule has 0 bridgehead atoms. The number of nitrogens with zero attached hydrogens (tertiary/aromatic N) is 1. The number of ether oxygens (including phenoxy) is 1. The number of nitrogens with one attached hydrogen (secondary N) is 1. The maximum absolute atomic E-state index is 12.2. The first-order chi connectivity index (χ1) is 8.28. The molecular weight excluding hydrogens is 247 g/mol. The highest BCUT2D eigenvalue weighted by Crippen LogP contribution is 2.29. The van der Waals surface area contributed by atoms with Crippen molar-refractivity contribution in [2.24, 2.45) is 10.7 Å². The number of guanidine groups is 1. The van der Waals surface area contributed by atoms with Gasteiger partial charge in [0, 0.05) is 6.04 Å². The normalized spacial score (nSPS) is 12.7. The van der Waals surface area contributed by atoms with E-state index < -0.39 is 6.36 Å². The highest BCUT2D eigenvalue weighted by Gasteiger charge is 2.32. The van der Waals surface area contributed by atoms with Gasteiger partial charge in [0.2, 0.25) is 0 Å². The van der Waals surface area contributed by atoms with E-state index >= 15 is 0 Å². The van der Waals surface area contributed by atoms with Crippen LogP contribution in [0.25, 0.3) is 0 Å². The number of halogens is 3. The summed E-state index contributed by atoms with van der Waals surface area (Å²) in [6.07, 6.45) is -4.75. The van der Waals surface area contributed by atoms with Crippen molar-refractivity contribution in [1.82, 2.24) is 0 Å².